The van der Waals surface area contributed by atoms with Crippen molar-refractivity contribution in [2.45, 2.75) is 38.7 Å². The maximum absolute atomic E-state index is 12.0. The van der Waals surface area contributed by atoms with Gasteiger partial charge in [0.15, 0.2) is 5.78 Å². The van der Waals surface area contributed by atoms with Crippen molar-refractivity contribution in [1.29, 1.82) is 0 Å². The average Bonchev–Trinajstić information content (AvgIpc) is 2.94. The first-order chi connectivity index (χ1) is 10.5. The Bertz CT molecular complexity index is 645. The fourth-order valence-electron chi connectivity index (χ4n) is 3.08. The fourth-order valence-corrected chi connectivity index (χ4v) is 3.08. The summed E-state index contributed by atoms with van der Waals surface area (Å²) in [5, 5.41) is 4.28. The third-order valence-corrected chi connectivity index (χ3v) is 4.75. The van der Waals surface area contributed by atoms with Gasteiger partial charge in [0.25, 0.3) is 0 Å². The second-order valence-corrected chi connectivity index (χ2v) is 6.29. The van der Waals surface area contributed by atoms with Crippen molar-refractivity contribution in [1.82, 2.24) is 0 Å². The molecule has 2 aliphatic rings. The predicted octanol–water partition coefficient (Wildman–Crippen LogP) is 3.50. The van der Waals surface area contributed by atoms with Crippen molar-refractivity contribution in [3.63, 3.8) is 0 Å². The van der Waals surface area contributed by atoms with Crippen LogP contribution in [0.2, 0.25) is 0 Å². The molecule has 116 valence electrons. The van der Waals surface area contributed by atoms with E-state index in [1.165, 1.54) is 0 Å². The molecule has 1 aliphatic carbocycles. The molecular weight excluding hydrogens is 278 g/mol. The van der Waals surface area contributed by atoms with Crippen molar-refractivity contribution in [2.75, 3.05) is 7.11 Å². The number of carbonyl (C=O) groups excluding carboxylic acids is 1. The Labute approximate surface area is 130 Å². The van der Waals surface area contributed by atoms with E-state index in [-0.39, 0.29) is 11.7 Å². The van der Waals surface area contributed by atoms with Crippen LogP contribution in [-0.4, -0.2) is 24.2 Å². The third kappa shape index (κ3) is 2.65. The average molecular weight is 299 g/mol. The van der Waals surface area contributed by atoms with Crippen LogP contribution >= 0.6 is 0 Å². The highest BCUT2D eigenvalue weighted by Crippen LogP contribution is 2.39. The van der Waals surface area contributed by atoms with E-state index in [2.05, 4.69) is 12.1 Å². The highest BCUT2D eigenvalue weighted by Gasteiger charge is 2.43. The summed E-state index contributed by atoms with van der Waals surface area (Å²) in [6.45, 7) is 3.94. The molecule has 1 aliphatic heterocycles. The molecular formula is C18H21NO3. The Morgan fingerprint density at radius 2 is 2.05 bits per heavy atom. The van der Waals surface area contributed by atoms with Gasteiger partial charge in [-0.15, -0.1) is 0 Å². The number of methoxy groups -OCH3 is 1. The van der Waals surface area contributed by atoms with Crippen LogP contribution in [0.1, 0.15) is 38.7 Å². The van der Waals surface area contributed by atoms with Gasteiger partial charge in [-0.2, -0.15) is 0 Å². The molecule has 0 saturated carbocycles. The van der Waals surface area contributed by atoms with Crippen LogP contribution < -0.4 is 4.74 Å². The van der Waals surface area contributed by atoms with Gasteiger partial charge in [0, 0.05) is 18.8 Å². The summed E-state index contributed by atoms with van der Waals surface area (Å²) >= 11 is 0. The molecule has 1 heterocycles. The Morgan fingerprint density at radius 3 is 2.68 bits per heavy atom. The van der Waals surface area contributed by atoms with Crippen molar-refractivity contribution in [3.8, 4) is 5.75 Å². The Morgan fingerprint density at radius 1 is 1.32 bits per heavy atom. The Hall–Kier alpha value is -2.10. The fraction of sp³-hybridized carbons (Fsp3) is 0.444. The zero-order valence-electron chi connectivity index (χ0n) is 13.3. The first-order valence-electron chi connectivity index (χ1n) is 7.61. The molecule has 1 aromatic carbocycles. The standard InChI is InChI=1S/C18H21NO3/c1-12-4-7-14(10-17(12)20)18(2)11-16(19-22-18)13-5-8-15(21-3)9-6-13/h4-6,8-9,14H,7,10-11H2,1-3H3/t14-,18-/m0/s1. The van der Waals surface area contributed by atoms with Crippen molar-refractivity contribution in [2.24, 2.45) is 11.1 Å². The molecule has 22 heavy (non-hydrogen) atoms. The summed E-state index contributed by atoms with van der Waals surface area (Å²) < 4.78 is 5.17. The lowest BCUT2D eigenvalue weighted by Crippen LogP contribution is -2.37. The van der Waals surface area contributed by atoms with E-state index in [9.17, 15) is 4.79 Å². The Kier molecular flexibility index (Phi) is 3.77. The Balaban J connectivity index is 1.73. The second-order valence-electron chi connectivity index (χ2n) is 6.29. The minimum atomic E-state index is -0.401. The molecule has 0 spiro atoms. The van der Waals surface area contributed by atoms with E-state index >= 15 is 0 Å². The first kappa shape index (κ1) is 14.8. The third-order valence-electron chi connectivity index (χ3n) is 4.75. The lowest BCUT2D eigenvalue weighted by molar-refractivity contribution is -0.121. The van der Waals surface area contributed by atoms with E-state index in [4.69, 9.17) is 9.57 Å². The van der Waals surface area contributed by atoms with Crippen LogP contribution in [0.5, 0.6) is 5.75 Å². The van der Waals surface area contributed by atoms with Crippen LogP contribution in [0.25, 0.3) is 0 Å². The van der Waals surface area contributed by atoms with E-state index in [1.807, 2.05) is 37.3 Å². The monoisotopic (exact) mass is 299 g/mol. The molecule has 0 unspecified atom stereocenters. The number of oxime groups is 1. The van der Waals surface area contributed by atoms with E-state index < -0.39 is 5.60 Å². The molecule has 0 bridgehead atoms. The van der Waals surface area contributed by atoms with Crippen LogP contribution in [0.15, 0.2) is 41.1 Å². The van der Waals surface area contributed by atoms with Crippen molar-refractivity contribution in [3.05, 3.63) is 41.5 Å². The molecule has 0 aromatic heterocycles. The maximum Gasteiger partial charge on any atom is 0.158 e. The van der Waals surface area contributed by atoms with E-state index in [0.717, 1.165) is 35.4 Å². The summed E-state index contributed by atoms with van der Waals surface area (Å²) in [6.07, 6.45) is 4.17. The highest BCUT2D eigenvalue weighted by atomic mass is 16.7. The van der Waals surface area contributed by atoms with Gasteiger partial charge in [0.2, 0.25) is 0 Å². The van der Waals surface area contributed by atoms with Gasteiger partial charge in [0.1, 0.15) is 11.4 Å². The summed E-state index contributed by atoms with van der Waals surface area (Å²) in [6, 6.07) is 7.82. The highest BCUT2D eigenvalue weighted by molar-refractivity contribution is 6.02. The summed E-state index contributed by atoms with van der Waals surface area (Å²) in [4.78, 5) is 17.7. The molecule has 0 amide bonds. The van der Waals surface area contributed by atoms with Crippen LogP contribution in [0.3, 0.4) is 0 Å². The van der Waals surface area contributed by atoms with Gasteiger partial charge >= 0.3 is 0 Å². The van der Waals surface area contributed by atoms with Gasteiger partial charge in [-0.25, -0.2) is 0 Å². The molecule has 0 radical (unpaired) electrons. The molecule has 2 atom stereocenters. The number of benzene rings is 1. The van der Waals surface area contributed by atoms with Crippen molar-refractivity contribution < 1.29 is 14.4 Å². The number of hydrogen-bond acceptors (Lipinski definition) is 4. The summed E-state index contributed by atoms with van der Waals surface area (Å²) in [7, 11) is 1.65. The molecule has 4 heteroatoms. The minimum absolute atomic E-state index is 0.184. The second kappa shape index (κ2) is 5.59. The van der Waals surface area contributed by atoms with Gasteiger partial charge in [0.05, 0.1) is 12.8 Å². The minimum Gasteiger partial charge on any atom is -0.497 e. The summed E-state index contributed by atoms with van der Waals surface area (Å²) in [5.74, 6) is 1.23. The smallest absolute Gasteiger partial charge is 0.158 e. The lowest BCUT2D eigenvalue weighted by Gasteiger charge is -2.32. The number of allylic oxidation sites excluding steroid dienone is 2. The number of rotatable bonds is 3. The molecule has 0 saturated heterocycles. The molecule has 0 N–H and O–H groups in total. The number of ketones is 1. The number of Topliss-reactive ketones (excluding diaryl/α,β-unsaturated/α-hetero) is 1. The molecule has 0 fully saturated rings. The normalized spacial score (nSPS) is 28.0. The molecule has 3 rings (SSSR count). The largest absolute Gasteiger partial charge is 0.497 e. The SMILES string of the molecule is COc1ccc(C2=NO[C@](C)([C@H]3CC=C(C)C(=O)C3)C2)cc1. The van der Waals surface area contributed by atoms with Crippen molar-refractivity contribution >= 4 is 11.5 Å². The number of hydrogen-bond donors (Lipinski definition) is 0. The van der Waals surface area contributed by atoms with E-state index in [1.54, 1.807) is 7.11 Å². The maximum atomic E-state index is 12.0. The van der Waals surface area contributed by atoms with Crippen LogP contribution in [0.4, 0.5) is 0 Å². The zero-order valence-corrected chi connectivity index (χ0v) is 13.3. The van der Waals surface area contributed by atoms with Gasteiger partial charge in [-0.3, -0.25) is 4.79 Å². The number of ether oxygens (including phenoxy) is 1. The zero-order chi connectivity index (χ0) is 15.7. The first-order valence-corrected chi connectivity index (χ1v) is 7.61. The van der Waals surface area contributed by atoms with Gasteiger partial charge in [-0.05, 0) is 55.7 Å². The predicted molar refractivity (Wildman–Crippen MR) is 85.1 cm³/mol. The van der Waals surface area contributed by atoms with Gasteiger partial charge in [-0.1, -0.05) is 11.2 Å². The topological polar surface area (TPSA) is 47.9 Å². The van der Waals surface area contributed by atoms with E-state index in [0.29, 0.717) is 6.42 Å². The quantitative estimate of drug-likeness (QED) is 0.858. The van der Waals surface area contributed by atoms with Crippen LogP contribution in [0, 0.1) is 5.92 Å². The number of nitrogens with zero attached hydrogens (tertiary/aromatic N) is 1. The summed E-state index contributed by atoms with van der Waals surface area (Å²) in [5.41, 5.74) is 2.44. The lowest BCUT2D eigenvalue weighted by atomic mass is 9.75. The molecule has 4 nitrogen and oxygen atoms in total. The molecule has 1 aromatic rings. The van der Waals surface area contributed by atoms with Gasteiger partial charge < -0.3 is 9.57 Å². The van der Waals surface area contributed by atoms with Crippen LogP contribution in [-0.2, 0) is 9.63 Å². The number of carbonyl (C=O) groups is 1.